The van der Waals surface area contributed by atoms with E-state index in [1.807, 2.05) is 25.1 Å². The van der Waals surface area contributed by atoms with E-state index in [9.17, 15) is 24.0 Å². The zero-order valence-corrected chi connectivity index (χ0v) is 24.2. The highest BCUT2D eigenvalue weighted by Gasteiger charge is 2.30. The number of amides is 2. The molecule has 2 amide bonds. The Bertz CT molecular complexity index is 1660. The van der Waals surface area contributed by atoms with Crippen LogP contribution in [0.2, 0.25) is 10.0 Å². The van der Waals surface area contributed by atoms with Crippen LogP contribution >= 0.6 is 35.2 Å². The molecule has 8 nitrogen and oxygen atoms in total. The van der Waals surface area contributed by atoms with E-state index in [1.165, 1.54) is 0 Å². The van der Waals surface area contributed by atoms with Gasteiger partial charge >= 0.3 is 5.97 Å². The van der Waals surface area contributed by atoms with Crippen LogP contribution in [0.25, 0.3) is 11.0 Å². The number of hydrogen-bond donors (Lipinski definition) is 3. The lowest BCUT2D eigenvalue weighted by atomic mass is 9.95. The third-order valence-electron chi connectivity index (χ3n) is 7.24. The van der Waals surface area contributed by atoms with Gasteiger partial charge < -0.3 is 24.3 Å². The predicted molar refractivity (Wildman–Crippen MR) is 159 cm³/mol. The molecule has 0 bridgehead atoms. The molecule has 0 radical (unpaired) electrons. The van der Waals surface area contributed by atoms with Crippen molar-refractivity contribution in [3.8, 4) is 0 Å². The Morgan fingerprint density at radius 3 is 2.68 bits per heavy atom. The first-order valence-corrected chi connectivity index (χ1v) is 14.4. The second kappa shape index (κ2) is 12.2. The fourth-order valence-corrected chi connectivity index (χ4v) is 6.04. The van der Waals surface area contributed by atoms with E-state index in [4.69, 9.17) is 27.6 Å². The lowest BCUT2D eigenvalue weighted by Gasteiger charge is -2.30. The van der Waals surface area contributed by atoms with E-state index in [-0.39, 0.29) is 39.7 Å². The molecule has 3 N–H and O–H groups in total. The number of nitrogens with one attached hydrogen (secondary N) is 1. The van der Waals surface area contributed by atoms with Crippen LogP contribution in [0.5, 0.6) is 0 Å². The molecule has 0 spiro atoms. The van der Waals surface area contributed by atoms with Crippen molar-refractivity contribution in [1.82, 2.24) is 10.2 Å². The van der Waals surface area contributed by atoms with E-state index in [0.29, 0.717) is 47.3 Å². The number of carboxylic acids is 1. The zero-order chi connectivity index (χ0) is 29.3. The molecule has 41 heavy (non-hydrogen) atoms. The van der Waals surface area contributed by atoms with Crippen molar-refractivity contribution in [3.05, 3.63) is 104 Å². The molecule has 0 saturated heterocycles. The topological polar surface area (TPSA) is 120 Å². The molecule has 11 heteroatoms. The number of rotatable bonds is 8. The van der Waals surface area contributed by atoms with Crippen molar-refractivity contribution < 1.29 is 28.5 Å². The minimum Gasteiger partial charge on any atom is -0.480 e. The third kappa shape index (κ3) is 6.08. The highest BCUT2D eigenvalue weighted by molar-refractivity contribution is 7.93. The quantitative estimate of drug-likeness (QED) is 0.191. The van der Waals surface area contributed by atoms with Crippen LogP contribution < -0.4 is 5.32 Å². The van der Waals surface area contributed by atoms with Crippen LogP contribution in [-0.2, 0) is 24.2 Å². The normalized spacial score (nSPS) is 14.4. The summed E-state index contributed by atoms with van der Waals surface area (Å²) in [5.74, 6) is -2.07. The minimum atomic E-state index is -1.24. The van der Waals surface area contributed by atoms with Crippen molar-refractivity contribution >= 4 is 64.0 Å². The monoisotopic (exact) mass is 612 g/mol. The Labute approximate surface area is 250 Å². The molecule has 212 valence electrons. The number of fused-ring (bicyclic) bond motifs is 2. The summed E-state index contributed by atoms with van der Waals surface area (Å²) in [7, 11) is 0. The largest absolute Gasteiger partial charge is 0.480 e. The molecular formula is C30H26Cl2N2O6S. The van der Waals surface area contributed by atoms with Crippen molar-refractivity contribution in [1.29, 1.82) is 0 Å². The summed E-state index contributed by atoms with van der Waals surface area (Å²) in [6, 6.07) is 14.7. The van der Waals surface area contributed by atoms with Gasteiger partial charge in [-0.2, -0.15) is 0 Å². The average Bonchev–Trinajstić information content (AvgIpc) is 3.44. The van der Waals surface area contributed by atoms with Crippen LogP contribution in [0.15, 0.2) is 65.3 Å². The van der Waals surface area contributed by atoms with Gasteiger partial charge in [-0.1, -0.05) is 53.5 Å². The Balaban J connectivity index is 1.33. The zero-order valence-electron chi connectivity index (χ0n) is 21.9. The van der Waals surface area contributed by atoms with Gasteiger partial charge in [-0.15, -0.1) is 0 Å². The molecule has 2 heterocycles. The van der Waals surface area contributed by atoms with Gasteiger partial charge in [0, 0.05) is 30.5 Å². The van der Waals surface area contributed by atoms with E-state index < -0.39 is 17.9 Å². The molecular weight excluding hydrogens is 587 g/mol. The van der Waals surface area contributed by atoms with Crippen molar-refractivity contribution in [2.45, 2.75) is 37.6 Å². The van der Waals surface area contributed by atoms with Crippen LogP contribution in [0, 0.1) is 0 Å². The Hall–Kier alpha value is -3.50. The number of benzene rings is 3. The van der Waals surface area contributed by atoms with Gasteiger partial charge in [0.2, 0.25) is 0 Å². The van der Waals surface area contributed by atoms with Gasteiger partial charge in [-0.25, -0.2) is 4.79 Å². The number of carbonyl (C=O) groups is 3. The van der Waals surface area contributed by atoms with Crippen molar-refractivity contribution in [2.24, 2.45) is 0 Å². The van der Waals surface area contributed by atoms with Gasteiger partial charge in [0.15, 0.2) is 0 Å². The Kier molecular flexibility index (Phi) is 8.60. The number of aliphatic carboxylic acids is 1. The molecule has 0 aliphatic carbocycles. The van der Waals surface area contributed by atoms with E-state index in [1.54, 1.807) is 47.6 Å². The maximum atomic E-state index is 13.3. The molecule has 0 saturated carbocycles. The van der Waals surface area contributed by atoms with Gasteiger partial charge in [-0.05, 0) is 71.9 Å². The number of furan rings is 1. The van der Waals surface area contributed by atoms with E-state index in [0.717, 1.165) is 16.5 Å². The maximum absolute atomic E-state index is 13.3. The average molecular weight is 614 g/mol. The summed E-state index contributed by atoms with van der Waals surface area (Å²) in [5.41, 5.74) is 4.06. The number of carboxylic acid groups (broad SMARTS) is 1. The molecule has 1 aromatic heterocycles. The molecule has 5 rings (SSSR count). The number of hydrogen-bond acceptors (Lipinski definition) is 6. The SMILES string of the molecule is CC(SO)c1cccc(C[C@H](NC(=O)c2c(Cl)cc3c(c2Cl)CCN(C(=O)c2ccc4ccoc4c2)C3)C(=O)O)c1. The van der Waals surface area contributed by atoms with Crippen LogP contribution in [0.4, 0.5) is 0 Å². The van der Waals surface area contributed by atoms with Gasteiger partial charge in [0.05, 0.1) is 27.1 Å². The molecule has 1 unspecified atom stereocenters. The standard InChI is InChI=1S/C30H26Cl2N2O6S/c1-16(41-39)19-4-2-3-17(11-19)12-24(30(37)38)33-28(35)26-23(31)13-21-15-34(9-7-22(21)27(26)32)29(36)20-6-5-18-8-10-40-25(18)14-20/h2-6,8,10-11,13-14,16,24,39H,7,9,12,15H2,1H3,(H,33,35)(H,37,38)/t16?,24-/m0/s1. The first-order valence-electron chi connectivity index (χ1n) is 12.8. The lowest BCUT2D eigenvalue weighted by Crippen LogP contribution is -2.42. The Morgan fingerprint density at radius 1 is 1.12 bits per heavy atom. The maximum Gasteiger partial charge on any atom is 0.326 e. The number of carbonyl (C=O) groups excluding carboxylic acids is 2. The third-order valence-corrected chi connectivity index (χ3v) is 8.55. The molecule has 4 aromatic rings. The smallest absolute Gasteiger partial charge is 0.326 e. The van der Waals surface area contributed by atoms with Crippen molar-refractivity contribution in [3.63, 3.8) is 0 Å². The molecule has 1 aliphatic rings. The Morgan fingerprint density at radius 2 is 1.93 bits per heavy atom. The highest BCUT2D eigenvalue weighted by atomic mass is 35.5. The summed E-state index contributed by atoms with van der Waals surface area (Å²) in [4.78, 5) is 40.2. The minimum absolute atomic E-state index is 0.000402. The summed E-state index contributed by atoms with van der Waals surface area (Å²) in [5, 5.41) is 13.3. The number of nitrogens with zero attached hydrogens (tertiary/aromatic N) is 1. The van der Waals surface area contributed by atoms with Gasteiger partial charge in [0.1, 0.15) is 11.6 Å². The van der Waals surface area contributed by atoms with Crippen LogP contribution in [-0.4, -0.2) is 44.9 Å². The first kappa shape index (κ1) is 29.0. The summed E-state index contributed by atoms with van der Waals surface area (Å²) < 4.78 is 14.8. The summed E-state index contributed by atoms with van der Waals surface area (Å²) in [6.45, 7) is 2.46. The van der Waals surface area contributed by atoms with E-state index >= 15 is 0 Å². The summed E-state index contributed by atoms with van der Waals surface area (Å²) >= 11 is 13.9. The second-order valence-corrected chi connectivity index (χ2v) is 11.6. The second-order valence-electron chi connectivity index (χ2n) is 9.90. The van der Waals surface area contributed by atoms with E-state index in [2.05, 4.69) is 5.32 Å². The lowest BCUT2D eigenvalue weighted by molar-refractivity contribution is -0.139. The molecule has 3 aromatic carbocycles. The van der Waals surface area contributed by atoms with Gasteiger partial charge in [0.25, 0.3) is 11.8 Å². The molecule has 2 atom stereocenters. The molecule has 1 aliphatic heterocycles. The number of halogens is 2. The highest BCUT2D eigenvalue weighted by Crippen LogP contribution is 2.35. The molecule has 0 fully saturated rings. The fourth-order valence-electron chi connectivity index (χ4n) is 5.00. The van der Waals surface area contributed by atoms with Gasteiger partial charge in [-0.3, -0.25) is 9.59 Å². The first-order chi connectivity index (χ1) is 19.7. The van der Waals surface area contributed by atoms with Crippen LogP contribution in [0.1, 0.15) is 55.1 Å². The summed E-state index contributed by atoms with van der Waals surface area (Å²) in [6.07, 6.45) is 2.00. The van der Waals surface area contributed by atoms with Crippen molar-refractivity contribution in [2.75, 3.05) is 6.54 Å². The predicted octanol–water partition coefficient (Wildman–Crippen LogP) is 6.63. The fraction of sp³-hybridized carbons (Fsp3) is 0.233. The van der Waals surface area contributed by atoms with Crippen LogP contribution in [0.3, 0.4) is 0 Å².